The highest BCUT2D eigenvalue weighted by Crippen LogP contribution is 2.26. The summed E-state index contributed by atoms with van der Waals surface area (Å²) in [7, 11) is 1.63. The molecule has 31 heavy (non-hydrogen) atoms. The summed E-state index contributed by atoms with van der Waals surface area (Å²) in [5.74, 6) is -0.216. The lowest BCUT2D eigenvalue weighted by Crippen LogP contribution is -2.32. The number of ether oxygens (including phenoxy) is 1. The summed E-state index contributed by atoms with van der Waals surface area (Å²) in [5.41, 5.74) is 3.30. The quantitative estimate of drug-likeness (QED) is 0.422. The van der Waals surface area contributed by atoms with Gasteiger partial charge in [-0.2, -0.15) is 0 Å². The SMILES string of the molecule is COc1ccc(-c2ccc(N(CCCCC(=O)O)C(=O)c3cccc(Cl)c3)cc2)cc1. The molecule has 6 heteroatoms. The van der Waals surface area contributed by atoms with E-state index in [1.165, 1.54) is 0 Å². The van der Waals surface area contributed by atoms with Crippen molar-refractivity contribution < 1.29 is 19.4 Å². The summed E-state index contributed by atoms with van der Waals surface area (Å²) >= 11 is 6.07. The Bertz CT molecular complexity index is 1030. The number of nitrogens with zero attached hydrogens (tertiary/aromatic N) is 1. The molecule has 0 aliphatic heterocycles. The largest absolute Gasteiger partial charge is 0.497 e. The summed E-state index contributed by atoms with van der Waals surface area (Å²) < 4.78 is 5.20. The number of carbonyl (C=O) groups is 2. The third-order valence-electron chi connectivity index (χ3n) is 4.94. The van der Waals surface area contributed by atoms with Gasteiger partial charge in [0.05, 0.1) is 7.11 Å². The number of methoxy groups -OCH3 is 1. The molecule has 0 unspecified atom stereocenters. The zero-order valence-electron chi connectivity index (χ0n) is 17.3. The molecule has 3 aromatic rings. The first-order valence-corrected chi connectivity index (χ1v) is 10.4. The van der Waals surface area contributed by atoms with Gasteiger partial charge in [-0.05, 0) is 66.4 Å². The molecule has 0 aliphatic rings. The number of anilines is 1. The van der Waals surface area contributed by atoms with Crippen LogP contribution >= 0.6 is 11.6 Å². The third kappa shape index (κ3) is 6.09. The molecule has 1 amide bonds. The number of rotatable bonds is 9. The summed E-state index contributed by atoms with van der Waals surface area (Å²) in [6.07, 6.45) is 1.16. The van der Waals surface area contributed by atoms with E-state index in [0.717, 1.165) is 22.6 Å². The maximum absolute atomic E-state index is 13.2. The highest BCUT2D eigenvalue weighted by molar-refractivity contribution is 6.31. The van der Waals surface area contributed by atoms with Crippen LogP contribution in [0.5, 0.6) is 5.75 Å². The molecular formula is C25H24ClNO4. The van der Waals surface area contributed by atoms with Crippen LogP contribution in [0.15, 0.2) is 72.8 Å². The summed E-state index contributed by atoms with van der Waals surface area (Å²) in [6.45, 7) is 0.417. The van der Waals surface area contributed by atoms with E-state index in [4.69, 9.17) is 21.4 Å². The van der Waals surface area contributed by atoms with Crippen molar-refractivity contribution in [3.63, 3.8) is 0 Å². The van der Waals surface area contributed by atoms with Crippen molar-refractivity contribution in [2.24, 2.45) is 0 Å². The van der Waals surface area contributed by atoms with E-state index in [9.17, 15) is 9.59 Å². The van der Waals surface area contributed by atoms with E-state index in [0.29, 0.717) is 30.0 Å². The minimum absolute atomic E-state index is 0.0790. The molecule has 0 radical (unpaired) electrons. The fourth-order valence-corrected chi connectivity index (χ4v) is 3.48. The number of carboxylic acid groups (broad SMARTS) is 1. The number of halogens is 1. The van der Waals surface area contributed by atoms with Crippen LogP contribution in [0.1, 0.15) is 29.6 Å². The molecule has 0 saturated carbocycles. The molecule has 0 atom stereocenters. The molecule has 0 saturated heterocycles. The summed E-state index contributed by atoms with van der Waals surface area (Å²) in [6, 6.07) is 22.3. The number of amides is 1. The van der Waals surface area contributed by atoms with E-state index in [1.54, 1.807) is 36.3 Å². The van der Waals surface area contributed by atoms with Gasteiger partial charge in [0.25, 0.3) is 5.91 Å². The van der Waals surface area contributed by atoms with Gasteiger partial charge < -0.3 is 14.7 Å². The summed E-state index contributed by atoms with van der Waals surface area (Å²) in [5, 5.41) is 9.37. The standard InChI is InChI=1S/C25H24ClNO4/c1-31-23-14-10-19(11-15-23)18-8-12-22(13-9-18)27(16-3-2-7-24(28)29)25(30)20-5-4-6-21(26)17-20/h4-6,8-15,17H,2-3,7,16H2,1H3,(H,28,29). The van der Waals surface area contributed by atoms with Crippen LogP contribution in [-0.2, 0) is 4.79 Å². The number of unbranched alkanes of at least 4 members (excludes halogenated alkanes) is 1. The second-order valence-electron chi connectivity index (χ2n) is 7.09. The Kier molecular flexibility index (Phi) is 7.68. The van der Waals surface area contributed by atoms with Crippen molar-refractivity contribution in [3.05, 3.63) is 83.4 Å². The van der Waals surface area contributed by atoms with Crippen molar-refractivity contribution in [3.8, 4) is 16.9 Å². The Morgan fingerprint density at radius 3 is 2.16 bits per heavy atom. The highest BCUT2D eigenvalue weighted by Gasteiger charge is 2.18. The third-order valence-corrected chi connectivity index (χ3v) is 5.18. The molecule has 0 fully saturated rings. The van der Waals surface area contributed by atoms with Crippen molar-refractivity contribution in [2.75, 3.05) is 18.6 Å². The van der Waals surface area contributed by atoms with Gasteiger partial charge in [-0.15, -0.1) is 0 Å². The van der Waals surface area contributed by atoms with Crippen LogP contribution in [0.25, 0.3) is 11.1 Å². The van der Waals surface area contributed by atoms with E-state index >= 15 is 0 Å². The number of carbonyl (C=O) groups excluding carboxylic acids is 1. The van der Waals surface area contributed by atoms with Gasteiger partial charge in [-0.3, -0.25) is 9.59 Å². The summed E-state index contributed by atoms with van der Waals surface area (Å²) in [4.78, 5) is 25.7. The zero-order valence-corrected chi connectivity index (χ0v) is 18.0. The average Bonchev–Trinajstić information content (AvgIpc) is 2.79. The predicted molar refractivity (Wildman–Crippen MR) is 123 cm³/mol. The second kappa shape index (κ2) is 10.6. The van der Waals surface area contributed by atoms with Gasteiger partial charge in [0.2, 0.25) is 0 Å². The fraction of sp³-hybridized carbons (Fsp3) is 0.200. The fourth-order valence-electron chi connectivity index (χ4n) is 3.29. The monoisotopic (exact) mass is 437 g/mol. The topological polar surface area (TPSA) is 66.8 Å². The molecule has 160 valence electrons. The van der Waals surface area contributed by atoms with Crippen molar-refractivity contribution in [1.29, 1.82) is 0 Å². The Morgan fingerprint density at radius 1 is 0.935 bits per heavy atom. The van der Waals surface area contributed by atoms with Gasteiger partial charge in [-0.1, -0.05) is 41.9 Å². The number of carboxylic acids is 1. The molecule has 1 N–H and O–H groups in total. The van der Waals surface area contributed by atoms with E-state index in [2.05, 4.69) is 0 Å². The van der Waals surface area contributed by atoms with Crippen molar-refractivity contribution >= 4 is 29.2 Å². The van der Waals surface area contributed by atoms with Crippen LogP contribution in [0, 0.1) is 0 Å². The molecule has 3 aromatic carbocycles. The second-order valence-corrected chi connectivity index (χ2v) is 7.53. The zero-order chi connectivity index (χ0) is 22.2. The Hall–Kier alpha value is -3.31. The first kappa shape index (κ1) is 22.4. The number of aliphatic carboxylic acids is 1. The predicted octanol–water partition coefficient (Wildman–Crippen LogP) is 5.92. The lowest BCUT2D eigenvalue weighted by atomic mass is 10.0. The number of hydrogen-bond donors (Lipinski definition) is 1. The van der Waals surface area contributed by atoms with Gasteiger partial charge >= 0.3 is 5.97 Å². The Morgan fingerprint density at radius 2 is 1.58 bits per heavy atom. The van der Waals surface area contributed by atoms with Crippen molar-refractivity contribution in [2.45, 2.75) is 19.3 Å². The Labute approximate surface area is 186 Å². The van der Waals surface area contributed by atoms with Crippen LogP contribution in [0.4, 0.5) is 5.69 Å². The molecule has 5 nitrogen and oxygen atoms in total. The lowest BCUT2D eigenvalue weighted by molar-refractivity contribution is -0.137. The molecule has 0 aliphatic carbocycles. The average molecular weight is 438 g/mol. The van der Waals surface area contributed by atoms with Crippen LogP contribution in [0.2, 0.25) is 5.02 Å². The molecule has 0 bridgehead atoms. The molecule has 3 rings (SSSR count). The number of benzene rings is 3. The minimum atomic E-state index is -0.837. The maximum Gasteiger partial charge on any atom is 0.303 e. The maximum atomic E-state index is 13.2. The molecule has 0 aromatic heterocycles. The normalized spacial score (nSPS) is 10.5. The smallest absolute Gasteiger partial charge is 0.303 e. The lowest BCUT2D eigenvalue weighted by Gasteiger charge is -2.23. The van der Waals surface area contributed by atoms with Crippen molar-refractivity contribution in [1.82, 2.24) is 0 Å². The van der Waals surface area contributed by atoms with Gasteiger partial charge in [0, 0.05) is 29.2 Å². The molecular weight excluding hydrogens is 414 g/mol. The van der Waals surface area contributed by atoms with E-state index in [-0.39, 0.29) is 12.3 Å². The first-order valence-electron chi connectivity index (χ1n) is 10.0. The number of hydrogen-bond acceptors (Lipinski definition) is 3. The highest BCUT2D eigenvalue weighted by atomic mass is 35.5. The van der Waals surface area contributed by atoms with Gasteiger partial charge in [0.1, 0.15) is 5.75 Å². The molecule has 0 heterocycles. The van der Waals surface area contributed by atoms with E-state index in [1.807, 2.05) is 48.5 Å². The Balaban J connectivity index is 1.83. The van der Waals surface area contributed by atoms with Crippen LogP contribution in [0.3, 0.4) is 0 Å². The first-order chi connectivity index (χ1) is 15.0. The van der Waals surface area contributed by atoms with Crippen LogP contribution < -0.4 is 9.64 Å². The van der Waals surface area contributed by atoms with E-state index < -0.39 is 5.97 Å². The minimum Gasteiger partial charge on any atom is -0.497 e. The van der Waals surface area contributed by atoms with Gasteiger partial charge in [-0.25, -0.2) is 0 Å². The van der Waals surface area contributed by atoms with Gasteiger partial charge in [0.15, 0.2) is 0 Å². The molecule has 0 spiro atoms. The van der Waals surface area contributed by atoms with Crippen LogP contribution in [-0.4, -0.2) is 30.6 Å².